The Morgan fingerprint density at radius 1 is 1.12 bits per heavy atom. The maximum absolute atomic E-state index is 12.4. The average Bonchev–Trinajstić information content (AvgIpc) is 2.63. The molecule has 0 spiro atoms. The highest BCUT2D eigenvalue weighted by atomic mass is 16.3. The van der Waals surface area contributed by atoms with Gasteiger partial charge < -0.3 is 10.4 Å². The van der Waals surface area contributed by atoms with Crippen molar-refractivity contribution in [2.45, 2.75) is 26.3 Å². The van der Waals surface area contributed by atoms with Crippen LogP contribution in [0.25, 0.3) is 22.0 Å². The fraction of sp³-hybridized carbons (Fsp3) is 0.238. The Bertz CT molecular complexity index is 891. The van der Waals surface area contributed by atoms with E-state index in [1.165, 1.54) is 0 Å². The lowest BCUT2D eigenvalue weighted by molar-refractivity contribution is -0.121. The fourth-order valence-electron chi connectivity index (χ4n) is 3.06. The second-order valence-electron chi connectivity index (χ2n) is 6.26. The molecule has 2 aromatic carbocycles. The molecule has 4 nitrogen and oxygen atoms in total. The lowest BCUT2D eigenvalue weighted by Crippen LogP contribution is -2.36. The first-order valence-electron chi connectivity index (χ1n) is 8.44. The van der Waals surface area contributed by atoms with Crippen LogP contribution in [0.15, 0.2) is 54.6 Å². The summed E-state index contributed by atoms with van der Waals surface area (Å²) in [5.74, 6) is -0.112. The predicted molar refractivity (Wildman–Crippen MR) is 100 cm³/mol. The van der Waals surface area contributed by atoms with Gasteiger partial charge in [0, 0.05) is 17.1 Å². The molecule has 0 unspecified atom stereocenters. The van der Waals surface area contributed by atoms with Crippen molar-refractivity contribution < 1.29 is 9.90 Å². The molecule has 4 heteroatoms. The number of aromatic nitrogens is 1. The van der Waals surface area contributed by atoms with Crippen molar-refractivity contribution in [3.05, 3.63) is 65.9 Å². The third-order valence-electron chi connectivity index (χ3n) is 4.28. The first kappa shape index (κ1) is 17.1. The number of benzene rings is 2. The van der Waals surface area contributed by atoms with Crippen LogP contribution in [0.3, 0.4) is 0 Å². The summed E-state index contributed by atoms with van der Waals surface area (Å²) >= 11 is 0. The topological polar surface area (TPSA) is 62.2 Å². The van der Waals surface area contributed by atoms with Crippen LogP contribution < -0.4 is 5.32 Å². The second kappa shape index (κ2) is 7.45. The number of carbonyl (C=O) groups is 1. The van der Waals surface area contributed by atoms with Gasteiger partial charge in [0.05, 0.1) is 18.5 Å². The Hall–Kier alpha value is -2.72. The Labute approximate surface area is 147 Å². The molecule has 3 aromatic rings. The van der Waals surface area contributed by atoms with Crippen LogP contribution in [0.1, 0.15) is 18.2 Å². The van der Waals surface area contributed by atoms with E-state index in [9.17, 15) is 4.79 Å². The van der Waals surface area contributed by atoms with E-state index in [0.717, 1.165) is 33.3 Å². The predicted octanol–water partition coefficient (Wildman–Crippen LogP) is 3.25. The van der Waals surface area contributed by atoms with Gasteiger partial charge in [-0.1, -0.05) is 48.5 Å². The number of carbonyl (C=O) groups excluding carboxylic acids is 1. The number of nitrogens with one attached hydrogen (secondary N) is 1. The van der Waals surface area contributed by atoms with E-state index in [1.54, 1.807) is 6.92 Å². The summed E-state index contributed by atoms with van der Waals surface area (Å²) in [5, 5.41) is 13.0. The minimum Gasteiger partial charge on any atom is -0.394 e. The smallest absolute Gasteiger partial charge is 0.224 e. The van der Waals surface area contributed by atoms with Crippen LogP contribution in [0.5, 0.6) is 0 Å². The van der Waals surface area contributed by atoms with Gasteiger partial charge in [-0.15, -0.1) is 0 Å². The molecule has 1 heterocycles. The van der Waals surface area contributed by atoms with Gasteiger partial charge in [0.1, 0.15) is 0 Å². The van der Waals surface area contributed by atoms with E-state index in [1.807, 2.05) is 49.4 Å². The number of rotatable bonds is 5. The van der Waals surface area contributed by atoms with Gasteiger partial charge >= 0.3 is 0 Å². The van der Waals surface area contributed by atoms with Crippen molar-refractivity contribution >= 4 is 16.8 Å². The summed E-state index contributed by atoms with van der Waals surface area (Å²) in [6.45, 7) is 3.64. The molecule has 0 aliphatic carbocycles. The minimum absolute atomic E-state index is 0.0771. The number of hydrogen-bond acceptors (Lipinski definition) is 3. The quantitative estimate of drug-likeness (QED) is 0.753. The summed E-state index contributed by atoms with van der Waals surface area (Å²) in [6.07, 6.45) is 0.234. The fourth-order valence-corrected chi connectivity index (χ4v) is 3.06. The molecule has 1 amide bonds. The van der Waals surface area contributed by atoms with Crippen LogP contribution in [0.2, 0.25) is 0 Å². The Kier molecular flexibility index (Phi) is 5.10. The first-order valence-corrected chi connectivity index (χ1v) is 8.44. The van der Waals surface area contributed by atoms with Crippen LogP contribution in [0.4, 0.5) is 0 Å². The van der Waals surface area contributed by atoms with Crippen molar-refractivity contribution in [2.75, 3.05) is 6.61 Å². The SMILES string of the molecule is Cc1nc2ccccc2c(-c2ccccc2)c1CC(=O)N[C@@H](C)CO. The maximum atomic E-state index is 12.4. The van der Waals surface area contributed by atoms with E-state index >= 15 is 0 Å². The first-order chi connectivity index (χ1) is 12.1. The molecule has 2 N–H and O–H groups in total. The standard InChI is InChI=1S/C21H22N2O2/c1-14(13-24)22-20(25)12-18-15(2)23-19-11-7-6-10-17(19)21(18)16-8-4-3-5-9-16/h3-11,14,24H,12-13H2,1-2H3,(H,22,25)/t14-/m0/s1. The third-order valence-corrected chi connectivity index (χ3v) is 4.28. The summed E-state index contributed by atoms with van der Waals surface area (Å²) < 4.78 is 0. The number of aryl methyl sites for hydroxylation is 1. The molecule has 0 aliphatic rings. The van der Waals surface area contributed by atoms with Crippen molar-refractivity contribution in [1.29, 1.82) is 0 Å². The molecule has 0 radical (unpaired) electrons. The van der Waals surface area contributed by atoms with Crippen molar-refractivity contribution in [3.63, 3.8) is 0 Å². The maximum Gasteiger partial charge on any atom is 0.224 e. The molecule has 0 bridgehead atoms. The molecule has 128 valence electrons. The average molecular weight is 334 g/mol. The third kappa shape index (κ3) is 3.69. The normalized spacial score (nSPS) is 12.1. The molecular formula is C21H22N2O2. The zero-order valence-corrected chi connectivity index (χ0v) is 14.5. The molecule has 0 saturated heterocycles. The number of amides is 1. The molecule has 1 aromatic heterocycles. The molecule has 3 rings (SSSR count). The monoisotopic (exact) mass is 334 g/mol. The van der Waals surface area contributed by atoms with Gasteiger partial charge in [0.2, 0.25) is 5.91 Å². The summed E-state index contributed by atoms with van der Waals surface area (Å²) in [7, 11) is 0. The van der Waals surface area contributed by atoms with Crippen LogP contribution >= 0.6 is 0 Å². The van der Waals surface area contributed by atoms with E-state index in [4.69, 9.17) is 5.11 Å². The van der Waals surface area contributed by atoms with Gasteiger partial charge in [-0.05, 0) is 36.6 Å². The highest BCUT2D eigenvalue weighted by Gasteiger charge is 2.17. The number of aliphatic hydroxyl groups is 1. The van der Waals surface area contributed by atoms with Gasteiger partial charge in [-0.2, -0.15) is 0 Å². The number of aliphatic hydroxyl groups excluding tert-OH is 1. The van der Waals surface area contributed by atoms with Gasteiger partial charge in [-0.25, -0.2) is 0 Å². The summed E-state index contributed by atoms with van der Waals surface area (Å²) in [5.41, 5.74) is 4.82. The number of pyridine rings is 1. The molecular weight excluding hydrogens is 312 g/mol. The van der Waals surface area contributed by atoms with Gasteiger partial charge in [-0.3, -0.25) is 9.78 Å². The Morgan fingerprint density at radius 2 is 1.80 bits per heavy atom. The van der Waals surface area contributed by atoms with E-state index < -0.39 is 0 Å². The lowest BCUT2D eigenvalue weighted by Gasteiger charge is -2.17. The molecule has 1 atom stereocenters. The molecule has 25 heavy (non-hydrogen) atoms. The van der Waals surface area contributed by atoms with E-state index in [2.05, 4.69) is 22.4 Å². The second-order valence-corrected chi connectivity index (χ2v) is 6.26. The minimum atomic E-state index is -0.263. The lowest BCUT2D eigenvalue weighted by atomic mass is 9.92. The van der Waals surface area contributed by atoms with Gasteiger partial charge in [0.25, 0.3) is 0 Å². The zero-order chi connectivity index (χ0) is 17.8. The Morgan fingerprint density at radius 3 is 2.52 bits per heavy atom. The summed E-state index contributed by atoms with van der Waals surface area (Å²) in [6, 6.07) is 17.8. The molecule has 0 saturated carbocycles. The highest BCUT2D eigenvalue weighted by molar-refractivity contribution is 5.98. The summed E-state index contributed by atoms with van der Waals surface area (Å²) in [4.78, 5) is 17.1. The number of fused-ring (bicyclic) bond motifs is 1. The highest BCUT2D eigenvalue weighted by Crippen LogP contribution is 2.33. The van der Waals surface area contributed by atoms with Gasteiger partial charge in [0.15, 0.2) is 0 Å². The van der Waals surface area contributed by atoms with Crippen molar-refractivity contribution in [1.82, 2.24) is 10.3 Å². The van der Waals surface area contributed by atoms with E-state index in [0.29, 0.717) is 0 Å². The van der Waals surface area contributed by atoms with Crippen LogP contribution in [-0.4, -0.2) is 28.6 Å². The number of nitrogens with zero attached hydrogens (tertiary/aromatic N) is 1. The largest absolute Gasteiger partial charge is 0.394 e. The number of hydrogen-bond donors (Lipinski definition) is 2. The van der Waals surface area contributed by atoms with Crippen molar-refractivity contribution in [3.8, 4) is 11.1 Å². The van der Waals surface area contributed by atoms with Crippen LogP contribution in [0, 0.1) is 6.92 Å². The Balaban J connectivity index is 2.14. The molecule has 0 fully saturated rings. The number of para-hydroxylation sites is 1. The van der Waals surface area contributed by atoms with Crippen LogP contribution in [-0.2, 0) is 11.2 Å². The molecule has 0 aliphatic heterocycles. The van der Waals surface area contributed by atoms with Crippen molar-refractivity contribution in [2.24, 2.45) is 0 Å². The zero-order valence-electron chi connectivity index (χ0n) is 14.5. The van der Waals surface area contributed by atoms with E-state index in [-0.39, 0.29) is 25.0 Å².